The van der Waals surface area contributed by atoms with Gasteiger partial charge in [0, 0.05) is 41.9 Å². The van der Waals surface area contributed by atoms with E-state index in [1.807, 2.05) is 24.3 Å². The third-order valence-corrected chi connectivity index (χ3v) is 6.39. The number of hydrogen-bond acceptors (Lipinski definition) is 5. The second-order valence-electron chi connectivity index (χ2n) is 8.48. The monoisotopic (exact) mass is 477 g/mol. The Morgan fingerprint density at radius 3 is 2.29 bits per heavy atom. The summed E-state index contributed by atoms with van der Waals surface area (Å²) in [5.41, 5.74) is 15.2. The van der Waals surface area contributed by atoms with Crippen LogP contribution in [0.5, 0.6) is 0 Å². The molecule has 4 rings (SSSR count). The summed E-state index contributed by atoms with van der Waals surface area (Å²) in [6.07, 6.45) is 0. The van der Waals surface area contributed by atoms with Crippen LogP contribution in [0.1, 0.15) is 28.9 Å². The standard InChI is InChI=1S/C26H28ClN5O2/c1-17-16-31(14-15-32(17)23-5-3-2-4-22(23)28)24(18-6-8-19(9-7-18)25(29)33)26(34)30-21-12-10-20(27)11-13-21/h2-13,17,24H,14-16,28H2,1H3,(H2,29,33)(H,30,34)/t17-,24?/m0/s1. The van der Waals surface area contributed by atoms with Crippen LogP contribution in [0.15, 0.2) is 72.8 Å². The third-order valence-electron chi connectivity index (χ3n) is 6.14. The maximum absolute atomic E-state index is 13.5. The van der Waals surface area contributed by atoms with Crippen molar-refractivity contribution in [2.45, 2.75) is 19.0 Å². The maximum atomic E-state index is 13.5. The Kier molecular flexibility index (Phi) is 7.05. The molecule has 1 fully saturated rings. The van der Waals surface area contributed by atoms with Crippen LogP contribution in [-0.2, 0) is 4.79 Å². The molecule has 2 atom stereocenters. The van der Waals surface area contributed by atoms with Crippen molar-refractivity contribution in [2.24, 2.45) is 5.73 Å². The first-order chi connectivity index (χ1) is 16.3. The smallest absolute Gasteiger partial charge is 0.248 e. The van der Waals surface area contributed by atoms with Gasteiger partial charge < -0.3 is 21.7 Å². The number of amides is 2. The molecule has 0 spiro atoms. The molecule has 34 heavy (non-hydrogen) atoms. The van der Waals surface area contributed by atoms with Crippen molar-refractivity contribution < 1.29 is 9.59 Å². The van der Waals surface area contributed by atoms with Gasteiger partial charge in [-0.3, -0.25) is 14.5 Å². The number of carbonyl (C=O) groups is 2. The number of nitrogen functional groups attached to an aromatic ring is 1. The van der Waals surface area contributed by atoms with E-state index in [1.165, 1.54) is 0 Å². The predicted octanol–water partition coefficient (Wildman–Crippen LogP) is 3.91. The molecule has 0 aromatic heterocycles. The van der Waals surface area contributed by atoms with Crippen molar-refractivity contribution in [3.8, 4) is 0 Å². The highest BCUT2D eigenvalue weighted by Gasteiger charge is 2.34. The molecule has 1 aliphatic heterocycles. The largest absolute Gasteiger partial charge is 0.397 e. The van der Waals surface area contributed by atoms with Gasteiger partial charge in [-0.2, -0.15) is 0 Å². The Hall–Kier alpha value is -3.55. The van der Waals surface area contributed by atoms with Crippen LogP contribution in [-0.4, -0.2) is 42.4 Å². The summed E-state index contributed by atoms with van der Waals surface area (Å²) in [6.45, 7) is 4.17. The van der Waals surface area contributed by atoms with Crippen molar-refractivity contribution in [1.29, 1.82) is 0 Å². The maximum Gasteiger partial charge on any atom is 0.248 e. The summed E-state index contributed by atoms with van der Waals surface area (Å²) in [5.74, 6) is -0.662. The first-order valence-electron chi connectivity index (χ1n) is 11.1. The normalized spacial score (nSPS) is 17.2. The number of halogens is 1. The second kappa shape index (κ2) is 10.2. The highest BCUT2D eigenvalue weighted by molar-refractivity contribution is 6.30. The number of benzene rings is 3. The lowest BCUT2D eigenvalue weighted by Gasteiger charge is -2.44. The Morgan fingerprint density at radius 2 is 1.68 bits per heavy atom. The molecule has 3 aromatic carbocycles. The first-order valence-corrected chi connectivity index (χ1v) is 11.5. The van der Waals surface area contributed by atoms with Gasteiger partial charge >= 0.3 is 0 Å². The van der Waals surface area contributed by atoms with Crippen LogP contribution < -0.4 is 21.7 Å². The van der Waals surface area contributed by atoms with Crippen LogP contribution in [0, 0.1) is 0 Å². The summed E-state index contributed by atoms with van der Waals surface area (Å²) in [4.78, 5) is 29.5. The molecule has 1 aliphatic rings. The van der Waals surface area contributed by atoms with Crippen LogP contribution in [0.2, 0.25) is 5.02 Å². The zero-order chi connectivity index (χ0) is 24.2. The van der Waals surface area contributed by atoms with Gasteiger partial charge in [-0.1, -0.05) is 35.9 Å². The summed E-state index contributed by atoms with van der Waals surface area (Å²) >= 11 is 5.99. The van der Waals surface area contributed by atoms with E-state index in [2.05, 4.69) is 22.0 Å². The van der Waals surface area contributed by atoms with Gasteiger partial charge in [-0.05, 0) is 61.0 Å². The molecule has 1 unspecified atom stereocenters. The van der Waals surface area contributed by atoms with Crippen molar-refractivity contribution >= 4 is 40.5 Å². The molecule has 0 bridgehead atoms. The van der Waals surface area contributed by atoms with Crippen LogP contribution in [0.3, 0.4) is 0 Å². The molecule has 0 radical (unpaired) electrons. The van der Waals surface area contributed by atoms with Crippen molar-refractivity contribution in [3.05, 3.63) is 88.9 Å². The van der Waals surface area contributed by atoms with E-state index in [0.29, 0.717) is 29.4 Å². The Labute approximate surface area is 204 Å². The van der Waals surface area contributed by atoms with Gasteiger partial charge in [0.25, 0.3) is 0 Å². The molecular formula is C26H28ClN5O2. The number of rotatable bonds is 6. The number of piperazine rings is 1. The van der Waals surface area contributed by atoms with E-state index in [4.69, 9.17) is 23.1 Å². The fourth-order valence-electron chi connectivity index (χ4n) is 4.43. The molecule has 176 valence electrons. The van der Waals surface area contributed by atoms with Gasteiger partial charge in [0.05, 0.1) is 11.4 Å². The molecule has 1 saturated heterocycles. The van der Waals surface area contributed by atoms with E-state index in [0.717, 1.165) is 23.5 Å². The molecule has 3 aromatic rings. The zero-order valence-electron chi connectivity index (χ0n) is 18.9. The lowest BCUT2D eigenvalue weighted by Crippen LogP contribution is -2.54. The number of nitrogens with zero attached hydrogens (tertiary/aromatic N) is 2. The number of nitrogens with one attached hydrogen (secondary N) is 1. The second-order valence-corrected chi connectivity index (χ2v) is 8.92. The van der Waals surface area contributed by atoms with Gasteiger partial charge in [-0.25, -0.2) is 0 Å². The minimum absolute atomic E-state index is 0.133. The number of hydrogen-bond donors (Lipinski definition) is 3. The fourth-order valence-corrected chi connectivity index (χ4v) is 4.55. The van der Waals surface area contributed by atoms with Gasteiger partial charge in [-0.15, -0.1) is 0 Å². The van der Waals surface area contributed by atoms with Gasteiger partial charge in [0.15, 0.2) is 0 Å². The molecule has 0 aliphatic carbocycles. The Balaban J connectivity index is 1.60. The number of carbonyl (C=O) groups excluding carboxylic acids is 2. The van der Waals surface area contributed by atoms with Crippen molar-refractivity contribution in [2.75, 3.05) is 35.6 Å². The quantitative estimate of drug-likeness (QED) is 0.467. The summed E-state index contributed by atoms with van der Waals surface area (Å²) in [5, 5.41) is 3.60. The van der Waals surface area contributed by atoms with E-state index >= 15 is 0 Å². The van der Waals surface area contributed by atoms with E-state index in [1.54, 1.807) is 48.5 Å². The number of nitrogens with two attached hydrogens (primary N) is 2. The predicted molar refractivity (Wildman–Crippen MR) is 137 cm³/mol. The summed E-state index contributed by atoms with van der Waals surface area (Å²) < 4.78 is 0. The molecular weight excluding hydrogens is 450 g/mol. The molecule has 8 heteroatoms. The summed E-state index contributed by atoms with van der Waals surface area (Å²) in [6, 6.07) is 21.3. The van der Waals surface area contributed by atoms with E-state index in [9.17, 15) is 9.59 Å². The van der Waals surface area contributed by atoms with Crippen LogP contribution >= 0.6 is 11.6 Å². The Bertz CT molecular complexity index is 1170. The molecule has 1 heterocycles. The average Bonchev–Trinajstić information content (AvgIpc) is 2.82. The van der Waals surface area contributed by atoms with Crippen LogP contribution in [0.25, 0.3) is 0 Å². The number of anilines is 3. The highest BCUT2D eigenvalue weighted by atomic mass is 35.5. The molecule has 2 amide bonds. The lowest BCUT2D eigenvalue weighted by atomic mass is 9.99. The fraction of sp³-hybridized carbons (Fsp3) is 0.231. The minimum atomic E-state index is -0.546. The number of para-hydroxylation sites is 2. The number of primary amides is 1. The van der Waals surface area contributed by atoms with Gasteiger partial charge in [0.1, 0.15) is 6.04 Å². The zero-order valence-corrected chi connectivity index (χ0v) is 19.7. The summed E-state index contributed by atoms with van der Waals surface area (Å²) in [7, 11) is 0. The molecule has 0 saturated carbocycles. The van der Waals surface area contributed by atoms with Crippen molar-refractivity contribution in [1.82, 2.24) is 4.90 Å². The van der Waals surface area contributed by atoms with E-state index in [-0.39, 0.29) is 11.9 Å². The third kappa shape index (κ3) is 5.16. The first kappa shape index (κ1) is 23.6. The highest BCUT2D eigenvalue weighted by Crippen LogP contribution is 2.31. The molecule has 5 N–H and O–H groups in total. The minimum Gasteiger partial charge on any atom is -0.397 e. The Morgan fingerprint density at radius 1 is 1.00 bits per heavy atom. The van der Waals surface area contributed by atoms with E-state index < -0.39 is 11.9 Å². The molecule has 7 nitrogen and oxygen atoms in total. The van der Waals surface area contributed by atoms with Crippen molar-refractivity contribution in [3.63, 3.8) is 0 Å². The topological polar surface area (TPSA) is 105 Å². The van der Waals surface area contributed by atoms with Crippen LogP contribution in [0.4, 0.5) is 17.1 Å². The van der Waals surface area contributed by atoms with Gasteiger partial charge in [0.2, 0.25) is 11.8 Å². The SMILES string of the molecule is C[C@H]1CN(C(C(=O)Nc2ccc(Cl)cc2)c2ccc(C(N)=O)cc2)CCN1c1ccccc1N. The lowest BCUT2D eigenvalue weighted by molar-refractivity contribution is -0.121. The average molecular weight is 478 g/mol.